The van der Waals surface area contributed by atoms with Crippen molar-refractivity contribution in [2.45, 2.75) is 63.6 Å². The molecule has 1 aromatic heterocycles. The van der Waals surface area contributed by atoms with E-state index in [-0.39, 0.29) is 23.0 Å². The van der Waals surface area contributed by atoms with Crippen molar-refractivity contribution in [2.75, 3.05) is 69.7 Å². The van der Waals surface area contributed by atoms with E-state index in [0.29, 0.717) is 82.7 Å². The number of anilines is 2. The average Bonchev–Trinajstić information content (AvgIpc) is 3.16. The molecule has 5 heterocycles. The van der Waals surface area contributed by atoms with E-state index in [1.807, 2.05) is 17.9 Å². The number of nitrogens with two attached hydrogens (primary N) is 1. The molecule has 53 heavy (non-hydrogen) atoms. The zero-order valence-corrected chi connectivity index (χ0v) is 30.3. The minimum Gasteiger partial charge on any atom is -0.481 e. The van der Waals surface area contributed by atoms with Gasteiger partial charge < -0.3 is 35.3 Å². The number of piperidine rings is 2. The van der Waals surface area contributed by atoms with Crippen LogP contribution in [0.3, 0.4) is 0 Å². The summed E-state index contributed by atoms with van der Waals surface area (Å²) in [6.07, 6.45) is 4.79. The van der Waals surface area contributed by atoms with E-state index in [1.54, 1.807) is 18.2 Å². The van der Waals surface area contributed by atoms with Crippen molar-refractivity contribution in [3.8, 4) is 16.9 Å². The standard InChI is InChI=1S/C40H48F3N7O3/c1-4-26-20-29-35(36(53-24-40(41,42)43)34(26)33-25(3)6-7-31(45)30(33)21-44)46-37(27-8-14-48(15-9-27)28-10-18-52-19-11-28)47-38(29)49-16-12-39(13-17-49)22-50(23-39)32(51)5-2/h4-7,20-21,27-28,44H,1-2,8-19,22-24,45H2,3H3. The lowest BCUT2D eigenvalue weighted by Gasteiger charge is -2.54. The Balaban J connectivity index is 1.35. The van der Waals surface area contributed by atoms with Crippen molar-refractivity contribution in [2.24, 2.45) is 5.41 Å². The Morgan fingerprint density at radius 2 is 1.77 bits per heavy atom. The van der Waals surface area contributed by atoms with Crippen LogP contribution in [0.15, 0.2) is 37.4 Å². The van der Waals surface area contributed by atoms with E-state index < -0.39 is 12.8 Å². The summed E-state index contributed by atoms with van der Waals surface area (Å²) in [5, 5.41) is 8.82. The summed E-state index contributed by atoms with van der Waals surface area (Å²) in [4.78, 5) is 29.2. The second-order valence-corrected chi connectivity index (χ2v) is 15.0. The molecule has 0 radical (unpaired) electrons. The van der Waals surface area contributed by atoms with Crippen molar-refractivity contribution in [3.63, 3.8) is 0 Å². The second kappa shape index (κ2) is 14.7. The lowest BCUT2D eigenvalue weighted by Crippen LogP contribution is -2.61. The number of nitrogen functional groups attached to an aromatic ring is 1. The molecule has 0 bridgehead atoms. The molecule has 3 aromatic rings. The zero-order valence-electron chi connectivity index (χ0n) is 30.3. The predicted octanol–water partition coefficient (Wildman–Crippen LogP) is 6.74. The number of aromatic nitrogens is 2. The van der Waals surface area contributed by atoms with E-state index in [0.717, 1.165) is 76.6 Å². The van der Waals surface area contributed by atoms with Gasteiger partial charge in [0.2, 0.25) is 5.91 Å². The van der Waals surface area contributed by atoms with Gasteiger partial charge in [0.15, 0.2) is 12.4 Å². The maximum atomic E-state index is 14.0. The first-order valence-electron chi connectivity index (χ1n) is 18.5. The highest BCUT2D eigenvalue weighted by Gasteiger charge is 2.46. The van der Waals surface area contributed by atoms with Crippen LogP contribution in [0.25, 0.3) is 28.1 Å². The van der Waals surface area contributed by atoms with Gasteiger partial charge in [0.05, 0.1) is 0 Å². The molecule has 0 unspecified atom stereocenters. The number of fused-ring (bicyclic) bond motifs is 1. The van der Waals surface area contributed by atoms with Crippen LogP contribution in [-0.2, 0) is 9.53 Å². The minimum absolute atomic E-state index is 0.000261. The molecule has 1 amide bonds. The van der Waals surface area contributed by atoms with Crippen LogP contribution < -0.4 is 15.4 Å². The Hall–Kier alpha value is -4.49. The molecule has 4 aliphatic rings. The second-order valence-electron chi connectivity index (χ2n) is 15.0. The molecule has 7 rings (SSSR count). The van der Waals surface area contributed by atoms with Crippen LogP contribution >= 0.6 is 0 Å². The third-order valence-corrected chi connectivity index (χ3v) is 11.7. The molecule has 4 fully saturated rings. The summed E-state index contributed by atoms with van der Waals surface area (Å²) >= 11 is 0. The number of aryl methyl sites for hydroxylation is 1. The van der Waals surface area contributed by atoms with Crippen molar-refractivity contribution in [3.05, 3.63) is 59.9 Å². The number of benzene rings is 2. The number of carbonyl (C=O) groups excluding carboxylic acids is 1. The Bertz CT molecular complexity index is 1900. The van der Waals surface area contributed by atoms with Gasteiger partial charge in [0, 0.05) is 85.2 Å². The van der Waals surface area contributed by atoms with E-state index in [1.165, 1.54) is 6.08 Å². The van der Waals surface area contributed by atoms with Gasteiger partial charge in [-0.05, 0) is 93.4 Å². The summed E-state index contributed by atoms with van der Waals surface area (Å²) in [7, 11) is 0. The topological polar surface area (TPSA) is 121 Å². The van der Waals surface area contributed by atoms with Crippen LogP contribution in [0.5, 0.6) is 5.75 Å². The lowest BCUT2D eigenvalue weighted by molar-refractivity contribution is -0.153. The molecule has 4 saturated heterocycles. The molecule has 3 N–H and O–H groups in total. The van der Waals surface area contributed by atoms with Crippen molar-refractivity contribution in [1.29, 1.82) is 5.41 Å². The number of nitrogens with one attached hydrogen (secondary N) is 1. The van der Waals surface area contributed by atoms with Crippen LogP contribution in [0.4, 0.5) is 24.7 Å². The number of hydrogen-bond donors (Lipinski definition) is 2. The summed E-state index contributed by atoms with van der Waals surface area (Å²) in [6.45, 7) is 14.0. The number of nitrogens with zero attached hydrogens (tertiary/aromatic N) is 5. The minimum atomic E-state index is -4.62. The maximum Gasteiger partial charge on any atom is 0.422 e. The fourth-order valence-electron chi connectivity index (χ4n) is 8.76. The van der Waals surface area contributed by atoms with Gasteiger partial charge in [-0.1, -0.05) is 25.3 Å². The van der Waals surface area contributed by atoms with Gasteiger partial charge >= 0.3 is 6.18 Å². The molecule has 13 heteroatoms. The number of amides is 1. The highest BCUT2D eigenvalue weighted by atomic mass is 19.4. The molecule has 4 aliphatic heterocycles. The zero-order chi connectivity index (χ0) is 37.5. The normalized spacial score (nSPS) is 20.0. The summed E-state index contributed by atoms with van der Waals surface area (Å²) in [5.41, 5.74) is 9.48. The fourth-order valence-corrected chi connectivity index (χ4v) is 8.76. The van der Waals surface area contributed by atoms with Crippen LogP contribution in [0, 0.1) is 17.7 Å². The number of alkyl halides is 3. The number of likely N-dealkylation sites (tertiary alicyclic amines) is 2. The molecule has 10 nitrogen and oxygen atoms in total. The Morgan fingerprint density at radius 3 is 2.40 bits per heavy atom. The number of ether oxygens (including phenoxy) is 2. The predicted molar refractivity (Wildman–Crippen MR) is 202 cm³/mol. The summed E-state index contributed by atoms with van der Waals surface area (Å²) < 4.78 is 53.4. The van der Waals surface area contributed by atoms with Gasteiger partial charge in [-0.25, -0.2) is 9.97 Å². The van der Waals surface area contributed by atoms with E-state index in [9.17, 15) is 18.0 Å². The largest absolute Gasteiger partial charge is 0.481 e. The molecule has 2 aromatic carbocycles. The summed E-state index contributed by atoms with van der Waals surface area (Å²) in [5.74, 6) is 1.17. The summed E-state index contributed by atoms with van der Waals surface area (Å²) in [6, 6.07) is 5.85. The molecule has 282 valence electrons. The Kier molecular flexibility index (Phi) is 10.2. The highest BCUT2D eigenvalue weighted by molar-refractivity contribution is 6.06. The van der Waals surface area contributed by atoms with Gasteiger partial charge in [-0.15, -0.1) is 0 Å². The Morgan fingerprint density at radius 1 is 1.08 bits per heavy atom. The van der Waals surface area contributed by atoms with Crippen molar-refractivity contribution in [1.82, 2.24) is 19.8 Å². The first kappa shape index (κ1) is 36.9. The van der Waals surface area contributed by atoms with Crippen molar-refractivity contribution < 1.29 is 27.4 Å². The smallest absolute Gasteiger partial charge is 0.422 e. The molecular weight excluding hydrogens is 683 g/mol. The van der Waals surface area contributed by atoms with Gasteiger partial charge in [0.1, 0.15) is 17.2 Å². The number of carbonyl (C=O) groups is 1. The molecule has 0 saturated carbocycles. The highest BCUT2D eigenvalue weighted by Crippen LogP contribution is 2.48. The average molecular weight is 732 g/mol. The van der Waals surface area contributed by atoms with Gasteiger partial charge in [0.25, 0.3) is 0 Å². The lowest BCUT2D eigenvalue weighted by atomic mass is 9.72. The Labute approximate surface area is 308 Å². The quantitative estimate of drug-likeness (QED) is 0.141. The first-order valence-corrected chi connectivity index (χ1v) is 18.5. The molecule has 1 spiro atoms. The van der Waals surface area contributed by atoms with E-state index >= 15 is 0 Å². The first-order chi connectivity index (χ1) is 25.4. The molecule has 0 atom stereocenters. The number of rotatable bonds is 9. The monoisotopic (exact) mass is 731 g/mol. The van der Waals surface area contributed by atoms with Crippen molar-refractivity contribution >= 4 is 40.6 Å². The number of halogens is 3. The molecule has 0 aliphatic carbocycles. The van der Waals surface area contributed by atoms with E-state index in [4.69, 9.17) is 30.6 Å². The van der Waals surface area contributed by atoms with Crippen LogP contribution in [0.1, 0.15) is 67.0 Å². The molecular formula is C40H48F3N7O3. The van der Waals surface area contributed by atoms with Gasteiger partial charge in [-0.2, -0.15) is 13.2 Å². The van der Waals surface area contributed by atoms with Crippen LogP contribution in [-0.4, -0.2) is 103 Å². The fraction of sp³-hybridized carbons (Fsp3) is 0.500. The number of hydrogen-bond acceptors (Lipinski definition) is 9. The SMILES string of the molecule is C=CC(=O)N1CC2(CCN(c3nc(C4CCN(C5CCOCC5)CC4)nc4c(OCC(F)(F)F)c(-c5c(C)ccc(N)c5C=N)c(C=C)cc34)CC2)C1. The third-order valence-electron chi connectivity index (χ3n) is 11.7. The van der Waals surface area contributed by atoms with Crippen LogP contribution in [0.2, 0.25) is 0 Å². The van der Waals surface area contributed by atoms with Gasteiger partial charge in [-0.3, -0.25) is 4.79 Å². The maximum absolute atomic E-state index is 14.0. The third kappa shape index (κ3) is 7.25. The van der Waals surface area contributed by atoms with E-state index in [2.05, 4.69) is 23.0 Å².